The van der Waals surface area contributed by atoms with Crippen LogP contribution in [0, 0.1) is 0 Å². The molecular formula is C13H17ClO3. The zero-order chi connectivity index (χ0) is 13.1. The van der Waals surface area contributed by atoms with Crippen LogP contribution in [0.2, 0.25) is 0 Å². The van der Waals surface area contributed by atoms with Crippen molar-refractivity contribution in [1.29, 1.82) is 0 Å². The fourth-order valence-corrected chi connectivity index (χ4v) is 1.65. The first-order valence-corrected chi connectivity index (χ1v) is 5.84. The van der Waals surface area contributed by atoms with Gasteiger partial charge < -0.3 is 9.84 Å². The van der Waals surface area contributed by atoms with Crippen molar-refractivity contribution in [2.24, 2.45) is 0 Å². The van der Waals surface area contributed by atoms with E-state index in [-0.39, 0.29) is 0 Å². The van der Waals surface area contributed by atoms with E-state index in [1.54, 1.807) is 0 Å². The normalized spacial score (nSPS) is 15.3. The number of aliphatic carboxylic acids is 1. The molecule has 1 aromatic carbocycles. The molecule has 3 nitrogen and oxygen atoms in total. The Morgan fingerprint density at radius 2 is 1.82 bits per heavy atom. The molecule has 0 amide bonds. The SMILES string of the molecule is CC(C)(C)OC(c1ccccc1)C(Cl)C(=O)O. The highest BCUT2D eigenvalue weighted by Crippen LogP contribution is 2.30. The summed E-state index contributed by atoms with van der Waals surface area (Å²) in [4.78, 5) is 11.0. The third-order valence-corrected chi connectivity index (χ3v) is 2.53. The molecule has 0 heterocycles. The van der Waals surface area contributed by atoms with Gasteiger partial charge in [0, 0.05) is 0 Å². The number of hydrogen-bond acceptors (Lipinski definition) is 2. The smallest absolute Gasteiger partial charge is 0.324 e. The molecule has 0 saturated carbocycles. The van der Waals surface area contributed by atoms with Gasteiger partial charge in [0.15, 0.2) is 5.38 Å². The van der Waals surface area contributed by atoms with Gasteiger partial charge in [0.1, 0.15) is 6.10 Å². The molecule has 0 aliphatic carbocycles. The summed E-state index contributed by atoms with van der Waals surface area (Å²) in [6, 6.07) is 9.16. The minimum absolute atomic E-state index is 0.455. The third-order valence-electron chi connectivity index (χ3n) is 2.11. The highest BCUT2D eigenvalue weighted by atomic mass is 35.5. The minimum atomic E-state index is -1.10. The number of carboxylic acid groups (broad SMARTS) is 1. The highest BCUT2D eigenvalue weighted by molar-refractivity contribution is 6.30. The molecule has 0 saturated heterocycles. The molecule has 0 aromatic heterocycles. The van der Waals surface area contributed by atoms with Gasteiger partial charge in [-0.3, -0.25) is 4.79 Å². The van der Waals surface area contributed by atoms with Crippen LogP contribution in [0.4, 0.5) is 0 Å². The van der Waals surface area contributed by atoms with Crippen molar-refractivity contribution < 1.29 is 14.6 Å². The molecule has 0 bridgehead atoms. The van der Waals surface area contributed by atoms with Crippen LogP contribution in [0.25, 0.3) is 0 Å². The number of carbonyl (C=O) groups is 1. The van der Waals surface area contributed by atoms with Crippen molar-refractivity contribution in [1.82, 2.24) is 0 Å². The second kappa shape index (κ2) is 5.52. The molecule has 0 aliphatic heterocycles. The number of benzene rings is 1. The Bertz CT molecular complexity index is 370. The standard InChI is InChI=1S/C13H17ClO3/c1-13(2,3)17-11(10(14)12(15)16)9-7-5-4-6-8-9/h4-8,10-11H,1-3H3,(H,15,16). The molecule has 0 fully saturated rings. The summed E-state index contributed by atoms with van der Waals surface area (Å²) < 4.78 is 5.73. The van der Waals surface area contributed by atoms with Crippen molar-refractivity contribution in [3.05, 3.63) is 35.9 Å². The Kier molecular flexibility index (Phi) is 4.54. The van der Waals surface area contributed by atoms with Gasteiger partial charge >= 0.3 is 5.97 Å². The van der Waals surface area contributed by atoms with E-state index in [9.17, 15) is 4.79 Å². The molecule has 0 radical (unpaired) electrons. The summed E-state index contributed by atoms with van der Waals surface area (Å²) in [5.74, 6) is -1.08. The first kappa shape index (κ1) is 14.0. The van der Waals surface area contributed by atoms with Gasteiger partial charge in [-0.25, -0.2) is 0 Å². The molecular weight excluding hydrogens is 240 g/mol. The number of carboxylic acids is 1. The topological polar surface area (TPSA) is 46.5 Å². The van der Waals surface area contributed by atoms with Crippen LogP contribution in [0.1, 0.15) is 32.4 Å². The van der Waals surface area contributed by atoms with Crippen LogP contribution in [0.15, 0.2) is 30.3 Å². The monoisotopic (exact) mass is 256 g/mol. The van der Waals surface area contributed by atoms with Crippen molar-refractivity contribution in [2.75, 3.05) is 0 Å². The van der Waals surface area contributed by atoms with E-state index < -0.39 is 23.1 Å². The Hall–Kier alpha value is -1.06. The summed E-state index contributed by atoms with van der Waals surface area (Å²) >= 11 is 5.90. The first-order valence-electron chi connectivity index (χ1n) is 5.41. The van der Waals surface area contributed by atoms with E-state index in [1.165, 1.54) is 0 Å². The average Bonchev–Trinajstić information content (AvgIpc) is 2.25. The van der Waals surface area contributed by atoms with Crippen molar-refractivity contribution in [2.45, 2.75) is 37.9 Å². The maximum atomic E-state index is 11.0. The summed E-state index contributed by atoms with van der Waals surface area (Å²) in [6.07, 6.45) is -0.657. The summed E-state index contributed by atoms with van der Waals surface area (Å²) in [5.41, 5.74) is 0.313. The Labute approximate surface area is 106 Å². The minimum Gasteiger partial charge on any atom is -0.480 e. The maximum Gasteiger partial charge on any atom is 0.324 e. The maximum absolute atomic E-state index is 11.0. The van der Waals surface area contributed by atoms with Crippen LogP contribution in [0.3, 0.4) is 0 Å². The molecule has 4 heteroatoms. The van der Waals surface area contributed by atoms with Gasteiger partial charge in [0.2, 0.25) is 0 Å². The lowest BCUT2D eigenvalue weighted by Crippen LogP contribution is -2.31. The second-order valence-corrected chi connectivity index (χ2v) is 5.27. The average molecular weight is 257 g/mol. The van der Waals surface area contributed by atoms with Crippen LogP contribution in [-0.4, -0.2) is 22.1 Å². The molecule has 0 spiro atoms. The van der Waals surface area contributed by atoms with Crippen LogP contribution < -0.4 is 0 Å². The fourth-order valence-electron chi connectivity index (χ4n) is 1.45. The molecule has 17 heavy (non-hydrogen) atoms. The van der Waals surface area contributed by atoms with Crippen LogP contribution in [-0.2, 0) is 9.53 Å². The highest BCUT2D eigenvalue weighted by Gasteiger charge is 2.31. The van der Waals surface area contributed by atoms with Gasteiger partial charge in [0.25, 0.3) is 0 Å². The number of alkyl halides is 1. The van der Waals surface area contributed by atoms with Crippen LogP contribution in [0.5, 0.6) is 0 Å². The fraction of sp³-hybridized carbons (Fsp3) is 0.462. The van der Waals surface area contributed by atoms with E-state index >= 15 is 0 Å². The number of rotatable bonds is 4. The Balaban J connectivity index is 2.99. The van der Waals surface area contributed by atoms with Gasteiger partial charge in [-0.05, 0) is 26.3 Å². The second-order valence-electron chi connectivity index (χ2n) is 4.80. The third kappa shape index (κ3) is 4.36. The molecule has 94 valence electrons. The molecule has 1 aromatic rings. The van der Waals surface area contributed by atoms with Crippen molar-refractivity contribution in [3.8, 4) is 0 Å². The molecule has 2 atom stereocenters. The Morgan fingerprint density at radius 1 is 1.29 bits per heavy atom. The molecule has 0 aliphatic rings. The predicted octanol–water partition coefficient (Wildman–Crippen LogP) is 3.23. The number of halogens is 1. The lowest BCUT2D eigenvalue weighted by molar-refractivity contribution is -0.143. The molecule has 1 N–H and O–H groups in total. The number of hydrogen-bond donors (Lipinski definition) is 1. The van der Waals surface area contributed by atoms with Gasteiger partial charge in [0.05, 0.1) is 5.60 Å². The van der Waals surface area contributed by atoms with Crippen LogP contribution >= 0.6 is 11.6 Å². The van der Waals surface area contributed by atoms with Gasteiger partial charge in [-0.1, -0.05) is 30.3 Å². The summed E-state index contributed by atoms with van der Waals surface area (Å²) in [6.45, 7) is 5.61. The predicted molar refractivity (Wildman–Crippen MR) is 67.3 cm³/mol. The zero-order valence-electron chi connectivity index (χ0n) is 10.2. The molecule has 1 rings (SSSR count). The largest absolute Gasteiger partial charge is 0.480 e. The van der Waals surface area contributed by atoms with E-state index in [1.807, 2.05) is 51.1 Å². The van der Waals surface area contributed by atoms with Gasteiger partial charge in [-0.2, -0.15) is 0 Å². The quantitative estimate of drug-likeness (QED) is 0.842. The Morgan fingerprint density at radius 3 is 2.24 bits per heavy atom. The summed E-state index contributed by atoms with van der Waals surface area (Å²) in [7, 11) is 0. The lowest BCUT2D eigenvalue weighted by Gasteiger charge is -2.29. The van der Waals surface area contributed by atoms with E-state index in [0.717, 1.165) is 5.56 Å². The van der Waals surface area contributed by atoms with Gasteiger partial charge in [-0.15, -0.1) is 11.6 Å². The van der Waals surface area contributed by atoms with Crippen molar-refractivity contribution >= 4 is 17.6 Å². The van der Waals surface area contributed by atoms with E-state index in [0.29, 0.717) is 0 Å². The first-order chi connectivity index (χ1) is 7.81. The lowest BCUT2D eigenvalue weighted by atomic mass is 10.0. The summed E-state index contributed by atoms with van der Waals surface area (Å²) in [5, 5.41) is 7.90. The van der Waals surface area contributed by atoms with Crippen molar-refractivity contribution in [3.63, 3.8) is 0 Å². The zero-order valence-corrected chi connectivity index (χ0v) is 10.9. The number of ether oxygens (including phenoxy) is 1. The van der Waals surface area contributed by atoms with E-state index in [4.69, 9.17) is 21.4 Å². The molecule has 2 unspecified atom stereocenters. The van der Waals surface area contributed by atoms with E-state index in [2.05, 4.69) is 0 Å².